The van der Waals surface area contributed by atoms with E-state index < -0.39 is 59.0 Å². The fourth-order valence-corrected chi connectivity index (χ4v) is 4.00. The first-order chi connectivity index (χ1) is 10.5. The number of phosphoric acid groups is 2. The number of aliphatic hydroxyl groups excluding tert-OH is 3. The summed E-state index contributed by atoms with van der Waals surface area (Å²) < 4.78 is 34.5. The van der Waals surface area contributed by atoms with Crippen LogP contribution in [0.2, 0.25) is 0 Å². The average molecular weight is 436 g/mol. The standard InChI is InChI=1S/C6H15O14P3S/c7-1-2(8)5(20-23(16,17)24)6(19-22(13,14)15)3(9)4(1)18-21(10,11)12/h1-9H,(H2,10,11,12)(H2,13,14,15)(H2,16,17,24)/t1-,2+,3+,4-,5-,6-/m1/s1. The Kier molecular flexibility index (Phi) is 7.28. The van der Waals surface area contributed by atoms with E-state index in [1.807, 2.05) is 0 Å². The highest BCUT2D eigenvalue weighted by atomic mass is 32.5. The SMILES string of the molecule is O=P(O)(O)O[C@@H]1[C@H](O)[C@H](O)[C@@H](OP(O)(O)=S)[C@H](OP(=O)(O)O)[C@H]1O. The molecule has 1 aliphatic carbocycles. The first-order valence-corrected chi connectivity index (χ1v) is 11.5. The van der Waals surface area contributed by atoms with Gasteiger partial charge in [0.05, 0.1) is 0 Å². The zero-order valence-electron chi connectivity index (χ0n) is 11.3. The third kappa shape index (κ3) is 6.74. The van der Waals surface area contributed by atoms with Crippen molar-refractivity contribution in [1.82, 2.24) is 0 Å². The number of hydrogen-bond acceptors (Lipinski definition) is 9. The summed E-state index contributed by atoms with van der Waals surface area (Å²) >= 11 is 4.13. The lowest BCUT2D eigenvalue weighted by Crippen LogP contribution is -2.65. The summed E-state index contributed by atoms with van der Waals surface area (Å²) in [6.07, 6.45) is -13.6. The summed E-state index contributed by atoms with van der Waals surface area (Å²) in [6.45, 7) is -4.56. The summed E-state index contributed by atoms with van der Waals surface area (Å²) in [7, 11) is -10.7. The second-order valence-electron chi connectivity index (χ2n) is 4.65. The highest BCUT2D eigenvalue weighted by Gasteiger charge is 2.55. The maximum atomic E-state index is 11.0. The van der Waals surface area contributed by atoms with E-state index in [1.165, 1.54) is 0 Å². The van der Waals surface area contributed by atoms with Crippen LogP contribution in [0.1, 0.15) is 0 Å². The second kappa shape index (κ2) is 7.71. The van der Waals surface area contributed by atoms with Gasteiger partial charge in [-0.3, -0.25) is 13.6 Å². The minimum Gasteiger partial charge on any atom is -0.387 e. The molecule has 18 heteroatoms. The van der Waals surface area contributed by atoms with Crippen LogP contribution in [0.4, 0.5) is 0 Å². The second-order valence-corrected chi connectivity index (χ2v) is 9.66. The Morgan fingerprint density at radius 2 is 0.958 bits per heavy atom. The van der Waals surface area contributed by atoms with Gasteiger partial charge in [-0.1, -0.05) is 0 Å². The maximum absolute atomic E-state index is 11.0. The molecule has 1 fully saturated rings. The first kappa shape index (κ1) is 22.7. The van der Waals surface area contributed by atoms with Gasteiger partial charge in [-0.15, -0.1) is 0 Å². The summed E-state index contributed by atoms with van der Waals surface area (Å²) in [5.74, 6) is 0. The van der Waals surface area contributed by atoms with Gasteiger partial charge in [0.25, 0.3) is 0 Å². The molecule has 144 valence electrons. The highest BCUT2D eigenvalue weighted by Crippen LogP contribution is 2.49. The molecular formula is C6H15O14P3S. The van der Waals surface area contributed by atoms with Gasteiger partial charge in [-0.25, -0.2) is 9.13 Å². The Hall–Kier alpha value is 0.630. The molecule has 24 heavy (non-hydrogen) atoms. The van der Waals surface area contributed by atoms with Gasteiger partial charge >= 0.3 is 22.4 Å². The smallest absolute Gasteiger partial charge is 0.387 e. The molecule has 0 heterocycles. The molecule has 0 aromatic rings. The van der Waals surface area contributed by atoms with Crippen molar-refractivity contribution in [2.24, 2.45) is 0 Å². The lowest BCUT2D eigenvalue weighted by molar-refractivity contribution is -0.211. The third-order valence-electron chi connectivity index (χ3n) is 2.80. The van der Waals surface area contributed by atoms with Crippen LogP contribution < -0.4 is 0 Å². The molecule has 1 aliphatic rings. The van der Waals surface area contributed by atoms with Crippen LogP contribution in [0, 0.1) is 0 Å². The predicted octanol–water partition coefficient (Wildman–Crippen LogP) is -3.37. The van der Waals surface area contributed by atoms with Crippen molar-refractivity contribution in [2.75, 3.05) is 0 Å². The van der Waals surface area contributed by atoms with Gasteiger partial charge < -0.3 is 44.7 Å². The van der Waals surface area contributed by atoms with E-state index in [2.05, 4.69) is 25.4 Å². The Bertz CT molecular complexity index is 579. The maximum Gasteiger partial charge on any atom is 0.470 e. The van der Waals surface area contributed by atoms with Gasteiger partial charge in [-0.05, 0) is 11.8 Å². The topological polar surface area (TPSA) is 244 Å². The number of phosphoric ester groups is 2. The molecule has 14 nitrogen and oxygen atoms in total. The summed E-state index contributed by atoms with van der Waals surface area (Å²) in [5, 5.41) is 29.6. The quantitative estimate of drug-likeness (QED) is 0.185. The van der Waals surface area contributed by atoms with Crippen molar-refractivity contribution in [3.63, 3.8) is 0 Å². The van der Waals surface area contributed by atoms with E-state index in [4.69, 9.17) is 29.4 Å². The molecule has 0 radical (unpaired) electrons. The number of hydrogen-bond donors (Lipinski definition) is 9. The van der Waals surface area contributed by atoms with E-state index in [9.17, 15) is 24.4 Å². The third-order valence-corrected chi connectivity index (χ3v) is 4.61. The van der Waals surface area contributed by atoms with Crippen LogP contribution in [0.25, 0.3) is 0 Å². The molecule has 1 rings (SSSR count). The van der Waals surface area contributed by atoms with Gasteiger partial charge in [0.15, 0.2) is 0 Å². The summed E-state index contributed by atoms with van der Waals surface area (Å²) in [4.78, 5) is 53.3. The van der Waals surface area contributed by atoms with E-state index >= 15 is 0 Å². The van der Waals surface area contributed by atoms with Crippen LogP contribution in [0.15, 0.2) is 0 Å². The molecular weight excluding hydrogens is 421 g/mol. The van der Waals surface area contributed by atoms with E-state index in [-0.39, 0.29) is 0 Å². The van der Waals surface area contributed by atoms with E-state index in [0.717, 1.165) is 0 Å². The molecule has 0 amide bonds. The first-order valence-electron chi connectivity index (χ1n) is 5.78. The van der Waals surface area contributed by atoms with Gasteiger partial charge in [0, 0.05) is 0 Å². The molecule has 0 aromatic heterocycles. The Morgan fingerprint density at radius 1 is 0.625 bits per heavy atom. The fourth-order valence-electron chi connectivity index (χ4n) is 2.01. The van der Waals surface area contributed by atoms with Crippen molar-refractivity contribution in [1.29, 1.82) is 0 Å². The molecule has 6 atom stereocenters. The fraction of sp³-hybridized carbons (Fsp3) is 1.00. The molecule has 0 aliphatic heterocycles. The van der Waals surface area contributed by atoms with Gasteiger partial charge in [-0.2, -0.15) is 0 Å². The molecule has 0 saturated heterocycles. The minimum absolute atomic E-state index is 2.17. The van der Waals surface area contributed by atoms with E-state index in [0.29, 0.717) is 0 Å². The lowest BCUT2D eigenvalue weighted by Gasteiger charge is -2.44. The molecule has 0 bridgehead atoms. The van der Waals surface area contributed by atoms with Crippen molar-refractivity contribution >= 4 is 34.2 Å². The van der Waals surface area contributed by atoms with Gasteiger partial charge in [0.2, 0.25) is 0 Å². The van der Waals surface area contributed by atoms with Gasteiger partial charge in [0.1, 0.15) is 36.6 Å². The summed E-state index contributed by atoms with van der Waals surface area (Å²) in [6, 6.07) is 0. The number of aliphatic hydroxyl groups is 3. The van der Waals surface area contributed by atoms with Crippen molar-refractivity contribution < 1.29 is 67.4 Å². The Morgan fingerprint density at radius 3 is 1.33 bits per heavy atom. The molecule has 0 spiro atoms. The molecule has 0 aromatic carbocycles. The van der Waals surface area contributed by atoms with E-state index in [1.54, 1.807) is 0 Å². The zero-order chi connectivity index (χ0) is 19.1. The minimum atomic E-state index is -5.37. The largest absolute Gasteiger partial charge is 0.470 e. The summed E-state index contributed by atoms with van der Waals surface area (Å²) in [5.41, 5.74) is 0. The average Bonchev–Trinajstić information content (AvgIpc) is 2.32. The number of rotatable bonds is 6. The van der Waals surface area contributed by atoms with Crippen LogP contribution in [0.5, 0.6) is 0 Å². The molecule has 1 saturated carbocycles. The van der Waals surface area contributed by atoms with Crippen molar-refractivity contribution in [3.05, 3.63) is 0 Å². The normalized spacial score (nSPS) is 35.9. The van der Waals surface area contributed by atoms with Crippen LogP contribution in [-0.4, -0.2) is 81.3 Å². The molecule has 0 unspecified atom stereocenters. The van der Waals surface area contributed by atoms with Crippen LogP contribution >= 0.6 is 22.4 Å². The van der Waals surface area contributed by atoms with Crippen LogP contribution in [-0.2, 0) is 34.5 Å². The molecule has 9 N–H and O–H groups in total. The van der Waals surface area contributed by atoms with Crippen molar-refractivity contribution in [2.45, 2.75) is 36.6 Å². The van der Waals surface area contributed by atoms with Crippen LogP contribution in [0.3, 0.4) is 0 Å². The Labute approximate surface area is 139 Å². The highest BCUT2D eigenvalue weighted by molar-refractivity contribution is 8.06. The van der Waals surface area contributed by atoms with Crippen molar-refractivity contribution in [3.8, 4) is 0 Å². The zero-order valence-corrected chi connectivity index (χ0v) is 14.8. The predicted molar refractivity (Wildman–Crippen MR) is 75.5 cm³/mol. The Balaban J connectivity index is 3.23. The monoisotopic (exact) mass is 436 g/mol. The lowest BCUT2D eigenvalue weighted by atomic mass is 9.85.